The van der Waals surface area contributed by atoms with Gasteiger partial charge in [-0.25, -0.2) is 4.98 Å². The predicted octanol–water partition coefficient (Wildman–Crippen LogP) is 4.29. The number of Topliss-reactive ketones (excluding diaryl/α,β-unsaturated/α-hetero) is 1. The van der Waals surface area contributed by atoms with Gasteiger partial charge in [-0.2, -0.15) is 5.10 Å². The van der Waals surface area contributed by atoms with Gasteiger partial charge in [-0.05, 0) is 44.9 Å². The first-order chi connectivity index (χ1) is 13.2. The summed E-state index contributed by atoms with van der Waals surface area (Å²) in [5.41, 5.74) is 0. The number of carbonyl (C=O) groups excluding carboxylic acids is 2. The Morgan fingerprint density at radius 2 is 1.74 bits per heavy atom. The molecule has 0 atom stereocenters. The lowest BCUT2D eigenvalue weighted by Crippen LogP contribution is -2.31. The molecule has 0 spiro atoms. The van der Waals surface area contributed by atoms with Crippen molar-refractivity contribution in [1.82, 2.24) is 20.5 Å². The molecule has 0 aliphatic rings. The topological polar surface area (TPSA) is 87.7 Å². The number of amides is 1. The van der Waals surface area contributed by atoms with Crippen LogP contribution in [0.3, 0.4) is 0 Å². The SMILES string of the molecule is CCCCCC(=O)C(=O)NCCCC/C=C\CCCCCCc1ncn[nH]1. The molecule has 0 fully saturated rings. The van der Waals surface area contributed by atoms with Crippen LogP contribution in [0.1, 0.15) is 89.8 Å². The fourth-order valence-corrected chi connectivity index (χ4v) is 2.83. The number of aromatic nitrogens is 3. The quantitative estimate of drug-likeness (QED) is 0.241. The van der Waals surface area contributed by atoms with Crippen molar-refractivity contribution in [3.05, 3.63) is 24.3 Å². The zero-order chi connectivity index (χ0) is 19.6. The van der Waals surface area contributed by atoms with Gasteiger partial charge in [0.05, 0.1) is 0 Å². The summed E-state index contributed by atoms with van der Waals surface area (Å²) in [6, 6.07) is 0. The van der Waals surface area contributed by atoms with E-state index in [0.717, 1.165) is 63.6 Å². The first-order valence-corrected chi connectivity index (χ1v) is 10.5. The molecule has 1 aromatic rings. The molecule has 1 heterocycles. The standard InChI is InChI=1S/C21H36N4O2/c1-2-3-12-15-19(26)21(27)22-17-14-11-9-7-5-4-6-8-10-13-16-20-23-18-24-25-20/h5,7,18H,2-4,6,8-17H2,1H3,(H,22,27)(H,23,24,25)/b7-5-. The molecule has 2 N–H and O–H groups in total. The normalized spacial score (nSPS) is 11.1. The second-order valence-corrected chi connectivity index (χ2v) is 6.99. The molecule has 6 heteroatoms. The van der Waals surface area contributed by atoms with Crippen molar-refractivity contribution in [3.8, 4) is 0 Å². The number of aromatic amines is 1. The number of ketones is 1. The molecule has 0 unspecified atom stereocenters. The van der Waals surface area contributed by atoms with Crippen LogP contribution in [0.5, 0.6) is 0 Å². The van der Waals surface area contributed by atoms with Crippen LogP contribution < -0.4 is 5.32 Å². The van der Waals surface area contributed by atoms with Gasteiger partial charge in [0.25, 0.3) is 5.91 Å². The Morgan fingerprint density at radius 3 is 2.44 bits per heavy atom. The maximum absolute atomic E-state index is 11.6. The van der Waals surface area contributed by atoms with E-state index in [1.165, 1.54) is 19.3 Å². The van der Waals surface area contributed by atoms with E-state index in [1.807, 2.05) is 0 Å². The summed E-state index contributed by atoms with van der Waals surface area (Å²) in [5.74, 6) is 0.293. The van der Waals surface area contributed by atoms with E-state index in [-0.39, 0.29) is 5.78 Å². The smallest absolute Gasteiger partial charge is 0.287 e. The molecule has 0 aliphatic heterocycles. The number of rotatable bonds is 17. The highest BCUT2D eigenvalue weighted by Gasteiger charge is 2.11. The molecular formula is C21H36N4O2. The van der Waals surface area contributed by atoms with Gasteiger partial charge in [0.1, 0.15) is 12.2 Å². The summed E-state index contributed by atoms with van der Waals surface area (Å²) in [5, 5.41) is 9.46. The highest BCUT2D eigenvalue weighted by atomic mass is 16.2. The van der Waals surface area contributed by atoms with Crippen LogP contribution in [0, 0.1) is 0 Å². The minimum absolute atomic E-state index is 0.274. The molecule has 6 nitrogen and oxygen atoms in total. The number of unbranched alkanes of at least 4 members (excludes halogenated alkanes) is 8. The van der Waals surface area contributed by atoms with E-state index in [9.17, 15) is 9.59 Å². The lowest BCUT2D eigenvalue weighted by atomic mass is 10.1. The summed E-state index contributed by atoms with van der Waals surface area (Å²) in [7, 11) is 0. The van der Waals surface area contributed by atoms with Crippen LogP contribution >= 0.6 is 0 Å². The second kappa shape index (κ2) is 16.2. The van der Waals surface area contributed by atoms with Gasteiger partial charge >= 0.3 is 0 Å². The van der Waals surface area contributed by atoms with E-state index >= 15 is 0 Å². The molecule has 0 radical (unpaired) electrons. The minimum atomic E-state index is -0.412. The van der Waals surface area contributed by atoms with Crippen molar-refractivity contribution in [2.24, 2.45) is 0 Å². The van der Waals surface area contributed by atoms with E-state index in [0.29, 0.717) is 13.0 Å². The molecule has 27 heavy (non-hydrogen) atoms. The van der Waals surface area contributed by atoms with Gasteiger partial charge in [-0.3, -0.25) is 14.7 Å². The van der Waals surface area contributed by atoms with Crippen molar-refractivity contribution in [3.63, 3.8) is 0 Å². The predicted molar refractivity (Wildman–Crippen MR) is 108 cm³/mol. The number of H-pyrrole nitrogens is 1. The first-order valence-electron chi connectivity index (χ1n) is 10.5. The van der Waals surface area contributed by atoms with E-state index < -0.39 is 5.91 Å². The van der Waals surface area contributed by atoms with Crippen LogP contribution in [0.4, 0.5) is 0 Å². The Bertz CT molecular complexity index is 526. The third-order valence-electron chi connectivity index (χ3n) is 4.51. The van der Waals surface area contributed by atoms with E-state index in [1.54, 1.807) is 6.33 Å². The van der Waals surface area contributed by atoms with Gasteiger partial charge in [0.15, 0.2) is 0 Å². The molecule has 0 aliphatic carbocycles. The van der Waals surface area contributed by atoms with Gasteiger partial charge < -0.3 is 5.32 Å². The third-order valence-corrected chi connectivity index (χ3v) is 4.51. The Labute approximate surface area is 163 Å². The highest BCUT2D eigenvalue weighted by molar-refractivity contribution is 6.36. The van der Waals surface area contributed by atoms with Crippen LogP contribution in [-0.2, 0) is 16.0 Å². The van der Waals surface area contributed by atoms with Crippen LogP contribution in [-0.4, -0.2) is 33.4 Å². The van der Waals surface area contributed by atoms with Gasteiger partial charge in [-0.1, -0.05) is 44.8 Å². The Morgan fingerprint density at radius 1 is 1.00 bits per heavy atom. The number of hydrogen-bond acceptors (Lipinski definition) is 4. The minimum Gasteiger partial charge on any atom is -0.350 e. The highest BCUT2D eigenvalue weighted by Crippen LogP contribution is 2.07. The van der Waals surface area contributed by atoms with E-state index in [2.05, 4.69) is 39.6 Å². The largest absolute Gasteiger partial charge is 0.350 e. The lowest BCUT2D eigenvalue weighted by molar-refractivity contribution is -0.138. The summed E-state index contributed by atoms with van der Waals surface area (Å²) in [6.07, 6.45) is 19.3. The maximum Gasteiger partial charge on any atom is 0.287 e. The molecule has 1 rings (SSSR count). The number of nitrogens with one attached hydrogen (secondary N) is 2. The van der Waals surface area contributed by atoms with Crippen LogP contribution in [0.15, 0.2) is 18.5 Å². The fraction of sp³-hybridized carbons (Fsp3) is 0.714. The van der Waals surface area contributed by atoms with Crippen molar-refractivity contribution >= 4 is 11.7 Å². The molecule has 1 aromatic heterocycles. The second-order valence-electron chi connectivity index (χ2n) is 6.99. The average molecular weight is 377 g/mol. The molecule has 1 amide bonds. The monoisotopic (exact) mass is 376 g/mol. The molecule has 0 saturated heterocycles. The van der Waals surface area contributed by atoms with E-state index in [4.69, 9.17) is 0 Å². The van der Waals surface area contributed by atoms with Crippen LogP contribution in [0.2, 0.25) is 0 Å². The number of hydrogen-bond donors (Lipinski definition) is 2. The average Bonchev–Trinajstić information content (AvgIpc) is 3.18. The molecule has 0 bridgehead atoms. The summed E-state index contributed by atoms with van der Waals surface area (Å²) < 4.78 is 0. The number of allylic oxidation sites excluding steroid dienone is 2. The number of nitrogens with zero attached hydrogens (tertiary/aromatic N) is 2. The Balaban J connectivity index is 1.84. The Hall–Kier alpha value is -1.98. The van der Waals surface area contributed by atoms with Crippen molar-refractivity contribution in [2.75, 3.05) is 6.54 Å². The first kappa shape index (κ1) is 23.1. The Kier molecular flexibility index (Phi) is 13.8. The summed E-state index contributed by atoms with van der Waals surface area (Å²) >= 11 is 0. The fourth-order valence-electron chi connectivity index (χ4n) is 2.83. The molecule has 0 aromatic carbocycles. The number of carbonyl (C=O) groups is 2. The van der Waals surface area contributed by atoms with Crippen molar-refractivity contribution in [1.29, 1.82) is 0 Å². The van der Waals surface area contributed by atoms with Gasteiger partial charge in [0.2, 0.25) is 5.78 Å². The zero-order valence-electron chi connectivity index (χ0n) is 16.8. The van der Waals surface area contributed by atoms with Gasteiger partial charge in [-0.15, -0.1) is 0 Å². The zero-order valence-corrected chi connectivity index (χ0v) is 16.8. The van der Waals surface area contributed by atoms with Crippen LogP contribution in [0.25, 0.3) is 0 Å². The molecule has 152 valence electrons. The summed E-state index contributed by atoms with van der Waals surface area (Å²) in [6.45, 7) is 2.68. The summed E-state index contributed by atoms with van der Waals surface area (Å²) in [4.78, 5) is 27.3. The number of aryl methyl sites for hydroxylation is 1. The van der Waals surface area contributed by atoms with Gasteiger partial charge in [0, 0.05) is 19.4 Å². The maximum atomic E-state index is 11.6. The molecular weight excluding hydrogens is 340 g/mol. The van der Waals surface area contributed by atoms with Crippen molar-refractivity contribution < 1.29 is 9.59 Å². The third kappa shape index (κ3) is 12.9. The van der Waals surface area contributed by atoms with Crippen molar-refractivity contribution in [2.45, 2.75) is 90.4 Å². The lowest BCUT2D eigenvalue weighted by Gasteiger charge is -2.03. The molecule has 0 saturated carbocycles.